The van der Waals surface area contributed by atoms with E-state index in [0.717, 1.165) is 42.3 Å². The van der Waals surface area contributed by atoms with Crippen molar-refractivity contribution in [3.8, 4) is 0 Å². The van der Waals surface area contributed by atoms with Crippen LogP contribution in [0, 0.1) is 19.7 Å². The van der Waals surface area contributed by atoms with Gasteiger partial charge in [-0.05, 0) is 38.1 Å². The van der Waals surface area contributed by atoms with Crippen molar-refractivity contribution in [2.75, 3.05) is 11.9 Å². The maximum absolute atomic E-state index is 13.7. The first kappa shape index (κ1) is 14.6. The summed E-state index contributed by atoms with van der Waals surface area (Å²) < 4.78 is 13.7. The lowest BCUT2D eigenvalue weighted by atomic mass is 10.4. The maximum atomic E-state index is 13.7. The van der Waals surface area contributed by atoms with Crippen LogP contribution in [0.1, 0.15) is 24.7 Å². The second-order valence-corrected chi connectivity index (χ2v) is 5.26. The molecule has 7 heteroatoms. The maximum Gasteiger partial charge on any atom is 0.223 e. The molecule has 0 aromatic carbocycles. The SMILES string of the molecule is CCCNc1ncc(F)c(Sc2nc(C)cc(C)n2)n1. The number of nitrogens with one attached hydrogen (secondary N) is 1. The lowest BCUT2D eigenvalue weighted by Gasteiger charge is -2.06. The van der Waals surface area contributed by atoms with Crippen LogP contribution in [0.2, 0.25) is 0 Å². The second kappa shape index (κ2) is 6.60. The largest absolute Gasteiger partial charge is 0.354 e. The topological polar surface area (TPSA) is 63.6 Å². The third-order valence-corrected chi connectivity index (χ3v) is 3.24. The van der Waals surface area contributed by atoms with Crippen LogP contribution in [0.4, 0.5) is 10.3 Å². The van der Waals surface area contributed by atoms with E-state index >= 15 is 0 Å². The number of aromatic nitrogens is 4. The molecule has 0 spiro atoms. The zero-order valence-electron chi connectivity index (χ0n) is 11.6. The van der Waals surface area contributed by atoms with E-state index in [1.807, 2.05) is 26.8 Å². The van der Waals surface area contributed by atoms with Crippen LogP contribution in [-0.4, -0.2) is 26.5 Å². The van der Waals surface area contributed by atoms with E-state index in [9.17, 15) is 4.39 Å². The van der Waals surface area contributed by atoms with Gasteiger partial charge in [0, 0.05) is 17.9 Å². The van der Waals surface area contributed by atoms with Crippen molar-refractivity contribution in [1.82, 2.24) is 19.9 Å². The highest BCUT2D eigenvalue weighted by molar-refractivity contribution is 7.99. The molecule has 0 saturated carbocycles. The van der Waals surface area contributed by atoms with Crippen LogP contribution in [0.5, 0.6) is 0 Å². The van der Waals surface area contributed by atoms with Crippen molar-refractivity contribution >= 4 is 17.7 Å². The molecule has 0 aliphatic rings. The van der Waals surface area contributed by atoms with Crippen LogP contribution in [0.15, 0.2) is 22.4 Å². The van der Waals surface area contributed by atoms with Gasteiger partial charge in [-0.15, -0.1) is 0 Å². The highest BCUT2D eigenvalue weighted by atomic mass is 32.2. The Balaban J connectivity index is 2.23. The monoisotopic (exact) mass is 293 g/mol. The van der Waals surface area contributed by atoms with Crippen molar-refractivity contribution in [3.05, 3.63) is 29.5 Å². The van der Waals surface area contributed by atoms with E-state index in [0.29, 0.717) is 11.1 Å². The number of aryl methyl sites for hydroxylation is 2. The zero-order valence-corrected chi connectivity index (χ0v) is 12.5. The third kappa shape index (κ3) is 3.86. The fourth-order valence-corrected chi connectivity index (χ4v) is 2.41. The lowest BCUT2D eigenvalue weighted by molar-refractivity contribution is 0.579. The van der Waals surface area contributed by atoms with Crippen LogP contribution in [-0.2, 0) is 0 Å². The zero-order chi connectivity index (χ0) is 14.5. The lowest BCUT2D eigenvalue weighted by Crippen LogP contribution is -2.05. The van der Waals surface area contributed by atoms with Gasteiger partial charge in [0.25, 0.3) is 0 Å². The molecule has 20 heavy (non-hydrogen) atoms. The molecule has 0 bridgehead atoms. The summed E-state index contributed by atoms with van der Waals surface area (Å²) in [6, 6.07) is 1.87. The van der Waals surface area contributed by atoms with Gasteiger partial charge in [0.05, 0.1) is 6.20 Å². The highest BCUT2D eigenvalue weighted by Gasteiger charge is 2.11. The summed E-state index contributed by atoms with van der Waals surface area (Å²) in [7, 11) is 0. The summed E-state index contributed by atoms with van der Waals surface area (Å²) in [6.45, 7) is 6.54. The molecule has 5 nitrogen and oxygen atoms in total. The van der Waals surface area contributed by atoms with E-state index in [1.165, 1.54) is 0 Å². The summed E-state index contributed by atoms with van der Waals surface area (Å²) >= 11 is 1.10. The van der Waals surface area contributed by atoms with Gasteiger partial charge in [-0.25, -0.2) is 24.3 Å². The summed E-state index contributed by atoms with van der Waals surface area (Å²) in [5.41, 5.74) is 1.69. The van der Waals surface area contributed by atoms with Crippen molar-refractivity contribution < 1.29 is 4.39 Å². The molecule has 0 unspecified atom stereocenters. The van der Waals surface area contributed by atoms with E-state index in [1.54, 1.807) is 0 Å². The molecule has 0 fully saturated rings. The average Bonchev–Trinajstić information content (AvgIpc) is 2.38. The Bertz CT molecular complexity index is 585. The molecule has 0 radical (unpaired) electrons. The minimum absolute atomic E-state index is 0.226. The molecule has 2 rings (SSSR count). The summed E-state index contributed by atoms with van der Waals surface area (Å²) in [6.07, 6.45) is 2.11. The van der Waals surface area contributed by atoms with E-state index < -0.39 is 5.82 Å². The van der Waals surface area contributed by atoms with Crippen LogP contribution < -0.4 is 5.32 Å². The fourth-order valence-electron chi connectivity index (χ4n) is 1.57. The first-order valence-corrected chi connectivity index (χ1v) is 7.16. The number of hydrogen-bond acceptors (Lipinski definition) is 6. The van der Waals surface area contributed by atoms with Crippen molar-refractivity contribution in [3.63, 3.8) is 0 Å². The minimum Gasteiger partial charge on any atom is -0.354 e. The van der Waals surface area contributed by atoms with Gasteiger partial charge in [0.15, 0.2) is 11.0 Å². The van der Waals surface area contributed by atoms with Gasteiger partial charge in [0.2, 0.25) is 5.95 Å². The fraction of sp³-hybridized carbons (Fsp3) is 0.385. The van der Waals surface area contributed by atoms with Crippen LogP contribution in [0.3, 0.4) is 0 Å². The van der Waals surface area contributed by atoms with Gasteiger partial charge >= 0.3 is 0 Å². The third-order valence-electron chi connectivity index (χ3n) is 2.39. The number of halogens is 1. The van der Waals surface area contributed by atoms with Gasteiger partial charge in [0.1, 0.15) is 5.03 Å². The molecule has 106 valence electrons. The summed E-state index contributed by atoms with van der Waals surface area (Å²) in [5.74, 6) is -0.0556. The smallest absolute Gasteiger partial charge is 0.223 e. The molecule has 1 N–H and O–H groups in total. The molecular weight excluding hydrogens is 277 g/mol. The normalized spacial score (nSPS) is 10.6. The number of nitrogens with zero attached hydrogens (tertiary/aromatic N) is 4. The molecule has 2 aromatic rings. The van der Waals surface area contributed by atoms with Crippen molar-refractivity contribution in [2.24, 2.45) is 0 Å². The number of rotatable bonds is 5. The highest BCUT2D eigenvalue weighted by Crippen LogP contribution is 2.26. The molecular formula is C13H16FN5S. The molecule has 0 saturated heterocycles. The predicted octanol–water partition coefficient (Wildman–Crippen LogP) is 3.00. The minimum atomic E-state index is -0.472. The van der Waals surface area contributed by atoms with Crippen LogP contribution in [0.25, 0.3) is 0 Å². The first-order valence-electron chi connectivity index (χ1n) is 6.35. The van der Waals surface area contributed by atoms with Gasteiger partial charge in [-0.3, -0.25) is 0 Å². The number of hydrogen-bond donors (Lipinski definition) is 1. The van der Waals surface area contributed by atoms with Gasteiger partial charge in [-0.1, -0.05) is 6.92 Å². The van der Waals surface area contributed by atoms with E-state index in [-0.39, 0.29) is 5.03 Å². The Labute approximate surface area is 121 Å². The Morgan fingerprint density at radius 3 is 2.55 bits per heavy atom. The molecule has 0 amide bonds. The van der Waals surface area contributed by atoms with Gasteiger partial charge < -0.3 is 5.32 Å². The van der Waals surface area contributed by atoms with Gasteiger partial charge in [-0.2, -0.15) is 0 Å². The second-order valence-electron chi connectivity index (χ2n) is 4.31. The summed E-state index contributed by atoms with van der Waals surface area (Å²) in [5, 5.41) is 3.74. The Hall–Kier alpha value is -1.76. The van der Waals surface area contributed by atoms with Crippen LogP contribution >= 0.6 is 11.8 Å². The average molecular weight is 293 g/mol. The molecule has 0 aliphatic heterocycles. The summed E-state index contributed by atoms with van der Waals surface area (Å²) in [4.78, 5) is 16.6. The molecule has 0 aliphatic carbocycles. The first-order chi connectivity index (χ1) is 9.58. The predicted molar refractivity (Wildman–Crippen MR) is 76.4 cm³/mol. The number of anilines is 1. The standard InChI is InChI=1S/C13H16FN5S/c1-4-5-15-12-16-7-10(14)11(19-12)20-13-17-8(2)6-9(3)18-13/h6-7H,4-5H2,1-3H3,(H,15,16,19). The molecule has 2 aromatic heterocycles. The quantitative estimate of drug-likeness (QED) is 0.675. The molecule has 0 atom stereocenters. The van der Waals surface area contributed by atoms with E-state index in [2.05, 4.69) is 25.3 Å². The van der Waals surface area contributed by atoms with Crippen molar-refractivity contribution in [2.45, 2.75) is 37.4 Å². The molecule has 2 heterocycles. The Morgan fingerprint density at radius 1 is 1.20 bits per heavy atom. The van der Waals surface area contributed by atoms with E-state index in [4.69, 9.17) is 0 Å². The Morgan fingerprint density at radius 2 is 1.90 bits per heavy atom. The van der Waals surface area contributed by atoms with Crippen molar-refractivity contribution in [1.29, 1.82) is 0 Å². The Kier molecular flexibility index (Phi) is 4.84.